The lowest BCUT2D eigenvalue weighted by Crippen LogP contribution is -2.16. The zero-order valence-corrected chi connectivity index (χ0v) is 20.7. The van der Waals surface area contributed by atoms with Crippen molar-refractivity contribution in [2.45, 2.75) is 51.5 Å². The quantitative estimate of drug-likeness (QED) is 0.349. The highest BCUT2D eigenvalue weighted by atomic mass is 35.5. The fraction of sp³-hybridized carbons (Fsp3) is 0.444. The van der Waals surface area contributed by atoms with Crippen molar-refractivity contribution in [3.05, 3.63) is 63.5 Å². The Morgan fingerprint density at radius 3 is 2.64 bits per heavy atom. The topological polar surface area (TPSA) is 49.0 Å². The van der Waals surface area contributed by atoms with Crippen molar-refractivity contribution >= 4 is 33.8 Å². The standard InChI is InChI=1S/C27H33ClN4S/c28-24-11-10-21-12-14-29-15-13-23(21)26(24)30-16-20-6-8-22(9-7-20)25-18-33-27(32-25)31-17-19-4-2-1-3-5-19/h6-11,18-19,29-30H,1-5,12-17H2,(H,31,32). The molecular weight excluding hydrogens is 448 g/mol. The van der Waals surface area contributed by atoms with Crippen molar-refractivity contribution in [1.82, 2.24) is 10.3 Å². The molecule has 0 unspecified atom stereocenters. The largest absolute Gasteiger partial charge is 0.380 e. The number of aromatic nitrogens is 1. The lowest BCUT2D eigenvalue weighted by Gasteiger charge is -2.21. The minimum atomic E-state index is 0.759. The van der Waals surface area contributed by atoms with Crippen LogP contribution in [0.1, 0.15) is 48.8 Å². The molecule has 5 rings (SSSR count). The van der Waals surface area contributed by atoms with Gasteiger partial charge in [0.15, 0.2) is 5.13 Å². The van der Waals surface area contributed by atoms with Crippen LogP contribution in [0.15, 0.2) is 41.8 Å². The average Bonchev–Trinajstić information content (AvgIpc) is 3.20. The first-order chi connectivity index (χ1) is 16.3. The second kappa shape index (κ2) is 10.9. The third-order valence-corrected chi connectivity index (χ3v) is 8.09. The molecule has 4 nitrogen and oxygen atoms in total. The lowest BCUT2D eigenvalue weighted by molar-refractivity contribution is 0.373. The molecule has 1 saturated carbocycles. The van der Waals surface area contributed by atoms with Gasteiger partial charge in [-0.1, -0.05) is 61.2 Å². The summed E-state index contributed by atoms with van der Waals surface area (Å²) in [6, 6.07) is 12.9. The van der Waals surface area contributed by atoms with E-state index in [2.05, 4.69) is 51.7 Å². The van der Waals surface area contributed by atoms with E-state index >= 15 is 0 Å². The van der Waals surface area contributed by atoms with Gasteiger partial charge in [0.05, 0.1) is 16.4 Å². The summed E-state index contributed by atoms with van der Waals surface area (Å²) in [5.41, 5.74) is 7.31. The molecule has 2 aliphatic rings. The van der Waals surface area contributed by atoms with E-state index < -0.39 is 0 Å². The molecule has 0 atom stereocenters. The number of nitrogens with zero attached hydrogens (tertiary/aromatic N) is 1. The van der Waals surface area contributed by atoms with Crippen molar-refractivity contribution in [3.8, 4) is 11.3 Å². The summed E-state index contributed by atoms with van der Waals surface area (Å²) in [4.78, 5) is 4.83. The van der Waals surface area contributed by atoms with Gasteiger partial charge in [0.2, 0.25) is 0 Å². The molecule has 174 valence electrons. The zero-order valence-electron chi connectivity index (χ0n) is 19.1. The summed E-state index contributed by atoms with van der Waals surface area (Å²) >= 11 is 8.27. The van der Waals surface area contributed by atoms with E-state index in [0.29, 0.717) is 0 Å². The number of rotatable bonds is 7. The maximum atomic E-state index is 6.57. The predicted molar refractivity (Wildman–Crippen MR) is 142 cm³/mol. The molecule has 1 fully saturated rings. The van der Waals surface area contributed by atoms with Crippen LogP contribution in [0.3, 0.4) is 0 Å². The van der Waals surface area contributed by atoms with E-state index in [9.17, 15) is 0 Å². The van der Waals surface area contributed by atoms with E-state index in [-0.39, 0.29) is 0 Å². The van der Waals surface area contributed by atoms with Crippen LogP contribution in [0.2, 0.25) is 5.02 Å². The van der Waals surface area contributed by atoms with E-state index in [1.54, 1.807) is 11.3 Å². The maximum Gasteiger partial charge on any atom is 0.183 e. The van der Waals surface area contributed by atoms with Crippen LogP contribution in [0.25, 0.3) is 11.3 Å². The highest BCUT2D eigenvalue weighted by Crippen LogP contribution is 2.32. The fourth-order valence-electron chi connectivity index (χ4n) is 5.03. The van der Waals surface area contributed by atoms with Gasteiger partial charge in [-0.3, -0.25) is 0 Å². The Bertz CT molecular complexity index is 1060. The zero-order chi connectivity index (χ0) is 22.5. The van der Waals surface area contributed by atoms with Gasteiger partial charge in [0, 0.05) is 24.0 Å². The Balaban J connectivity index is 1.20. The van der Waals surface area contributed by atoms with Gasteiger partial charge in [0.1, 0.15) is 0 Å². The summed E-state index contributed by atoms with van der Waals surface area (Å²) in [6.07, 6.45) is 8.95. The third-order valence-electron chi connectivity index (χ3n) is 6.97. The number of anilines is 2. The van der Waals surface area contributed by atoms with Gasteiger partial charge in [-0.05, 0) is 67.4 Å². The second-order valence-electron chi connectivity index (χ2n) is 9.28. The molecule has 1 aromatic heterocycles. The van der Waals surface area contributed by atoms with Gasteiger partial charge < -0.3 is 16.0 Å². The molecule has 33 heavy (non-hydrogen) atoms. The molecule has 3 N–H and O–H groups in total. The molecule has 0 saturated heterocycles. The number of hydrogen-bond donors (Lipinski definition) is 3. The lowest BCUT2D eigenvalue weighted by atomic mass is 9.89. The van der Waals surface area contributed by atoms with Gasteiger partial charge in [-0.15, -0.1) is 11.3 Å². The van der Waals surface area contributed by atoms with E-state index in [4.69, 9.17) is 16.6 Å². The van der Waals surface area contributed by atoms with E-state index in [1.807, 2.05) is 6.07 Å². The first-order valence-corrected chi connectivity index (χ1v) is 13.6. The van der Waals surface area contributed by atoms with Crippen LogP contribution in [-0.4, -0.2) is 24.6 Å². The molecule has 0 bridgehead atoms. The van der Waals surface area contributed by atoms with Crippen molar-refractivity contribution in [3.63, 3.8) is 0 Å². The summed E-state index contributed by atoms with van der Waals surface area (Å²) < 4.78 is 0. The van der Waals surface area contributed by atoms with Gasteiger partial charge >= 0.3 is 0 Å². The Morgan fingerprint density at radius 2 is 1.79 bits per heavy atom. The number of fused-ring (bicyclic) bond motifs is 1. The van der Waals surface area contributed by atoms with Crippen LogP contribution in [0, 0.1) is 5.92 Å². The molecule has 3 aromatic rings. The number of thiazole rings is 1. The molecule has 1 aliphatic heterocycles. The van der Waals surface area contributed by atoms with E-state index in [1.165, 1.54) is 54.4 Å². The third kappa shape index (κ3) is 5.71. The first kappa shape index (κ1) is 22.7. The molecule has 2 heterocycles. The Labute approximate surface area is 206 Å². The highest BCUT2D eigenvalue weighted by molar-refractivity contribution is 7.14. The van der Waals surface area contributed by atoms with Crippen molar-refractivity contribution < 1.29 is 0 Å². The molecule has 2 aromatic carbocycles. The second-order valence-corrected chi connectivity index (χ2v) is 10.5. The summed E-state index contributed by atoms with van der Waals surface area (Å²) in [6.45, 7) is 3.85. The Hall–Kier alpha value is -2.08. The number of nitrogens with one attached hydrogen (secondary N) is 3. The fourth-order valence-corrected chi connectivity index (χ4v) is 6.00. The first-order valence-electron chi connectivity index (χ1n) is 12.3. The monoisotopic (exact) mass is 480 g/mol. The summed E-state index contributed by atoms with van der Waals surface area (Å²) in [7, 11) is 0. The maximum absolute atomic E-state index is 6.57. The average molecular weight is 481 g/mol. The predicted octanol–water partition coefficient (Wildman–Crippen LogP) is 6.76. The molecule has 0 amide bonds. The summed E-state index contributed by atoms with van der Waals surface area (Å²) in [5, 5.41) is 14.7. The van der Waals surface area contributed by atoms with Crippen molar-refractivity contribution in [1.29, 1.82) is 0 Å². The molecule has 0 radical (unpaired) electrons. The SMILES string of the molecule is Clc1ccc2c(c1NCc1ccc(-c3csc(NCC4CCCCC4)n3)cc1)CCNCC2. The minimum Gasteiger partial charge on any atom is -0.380 e. The highest BCUT2D eigenvalue weighted by Gasteiger charge is 2.15. The van der Waals surface area contributed by atoms with Crippen LogP contribution in [0.5, 0.6) is 0 Å². The molecule has 1 aliphatic carbocycles. The van der Waals surface area contributed by atoms with Crippen LogP contribution in [0.4, 0.5) is 10.8 Å². The van der Waals surface area contributed by atoms with Crippen molar-refractivity contribution in [2.24, 2.45) is 5.92 Å². The van der Waals surface area contributed by atoms with Crippen LogP contribution < -0.4 is 16.0 Å². The van der Waals surface area contributed by atoms with Gasteiger partial charge in [0.25, 0.3) is 0 Å². The number of benzene rings is 2. The molecular formula is C27H33ClN4S. The van der Waals surface area contributed by atoms with Crippen LogP contribution >= 0.6 is 22.9 Å². The molecule has 6 heteroatoms. The van der Waals surface area contributed by atoms with Gasteiger partial charge in [-0.2, -0.15) is 0 Å². The molecule has 0 spiro atoms. The number of hydrogen-bond acceptors (Lipinski definition) is 5. The minimum absolute atomic E-state index is 0.759. The Kier molecular flexibility index (Phi) is 7.50. The number of halogens is 1. The smallest absolute Gasteiger partial charge is 0.183 e. The Morgan fingerprint density at radius 1 is 0.970 bits per heavy atom. The normalized spacial score (nSPS) is 16.8. The van der Waals surface area contributed by atoms with E-state index in [0.717, 1.165) is 66.5 Å². The van der Waals surface area contributed by atoms with Crippen LogP contribution in [-0.2, 0) is 19.4 Å². The van der Waals surface area contributed by atoms with Crippen molar-refractivity contribution in [2.75, 3.05) is 30.3 Å². The van der Waals surface area contributed by atoms with Gasteiger partial charge in [-0.25, -0.2) is 4.98 Å². The summed E-state index contributed by atoms with van der Waals surface area (Å²) in [5.74, 6) is 0.808.